The lowest BCUT2D eigenvalue weighted by atomic mass is 10.1. The molecule has 0 radical (unpaired) electrons. The summed E-state index contributed by atoms with van der Waals surface area (Å²) in [7, 11) is 0. The Morgan fingerprint density at radius 3 is 2.04 bits per heavy atom. The molecular weight excluding hydrogens is 288 g/mol. The van der Waals surface area contributed by atoms with Crippen molar-refractivity contribution in [2.24, 2.45) is 0 Å². The van der Waals surface area contributed by atoms with Crippen LogP contribution in [0.15, 0.2) is 48.6 Å². The normalized spacial score (nSPS) is 21.3. The Hall–Kier alpha value is -1.61. The predicted molar refractivity (Wildman–Crippen MR) is 95.5 cm³/mol. The van der Waals surface area contributed by atoms with Crippen molar-refractivity contribution in [3.8, 4) is 0 Å². The van der Waals surface area contributed by atoms with Gasteiger partial charge in [-0.05, 0) is 44.9 Å². The van der Waals surface area contributed by atoms with Gasteiger partial charge in [-0.25, -0.2) is 0 Å². The van der Waals surface area contributed by atoms with Gasteiger partial charge in [-0.1, -0.05) is 55.5 Å². The number of rotatable bonds is 13. The zero-order valence-electron chi connectivity index (χ0n) is 14.2. The van der Waals surface area contributed by atoms with Crippen LogP contribution in [-0.4, -0.2) is 23.3 Å². The van der Waals surface area contributed by atoms with Crippen LogP contribution in [0.25, 0.3) is 0 Å². The van der Waals surface area contributed by atoms with Gasteiger partial charge in [0.2, 0.25) is 0 Å². The molecular formula is C20H30O3. The smallest absolute Gasteiger partial charge is 0.303 e. The van der Waals surface area contributed by atoms with Gasteiger partial charge in [0.15, 0.2) is 0 Å². The van der Waals surface area contributed by atoms with E-state index in [0.29, 0.717) is 12.2 Å². The Morgan fingerprint density at radius 1 is 0.913 bits per heavy atom. The molecule has 3 heteroatoms. The number of carboxylic acids is 1. The number of aliphatic carboxylic acids is 1. The van der Waals surface area contributed by atoms with Crippen LogP contribution in [-0.2, 0) is 9.53 Å². The van der Waals surface area contributed by atoms with Crippen LogP contribution in [0.3, 0.4) is 0 Å². The minimum Gasteiger partial charge on any atom is -0.481 e. The first-order chi connectivity index (χ1) is 11.2. The number of carboxylic acid groups (broad SMARTS) is 1. The number of allylic oxidation sites excluding steroid dienone is 6. The molecule has 1 heterocycles. The number of epoxide rings is 1. The molecule has 0 saturated carbocycles. The van der Waals surface area contributed by atoms with Crippen molar-refractivity contribution >= 4 is 5.97 Å². The second kappa shape index (κ2) is 12.9. The van der Waals surface area contributed by atoms with Crippen LogP contribution in [0.5, 0.6) is 0 Å². The third kappa shape index (κ3) is 11.6. The van der Waals surface area contributed by atoms with Crippen molar-refractivity contribution < 1.29 is 14.6 Å². The highest BCUT2D eigenvalue weighted by Gasteiger charge is 2.35. The fraction of sp³-hybridized carbons (Fsp3) is 0.550. The predicted octanol–water partition coefficient (Wildman–Crippen LogP) is 5.20. The summed E-state index contributed by atoms with van der Waals surface area (Å²) in [5, 5.41) is 8.51. The second-order valence-corrected chi connectivity index (χ2v) is 5.74. The van der Waals surface area contributed by atoms with Crippen LogP contribution >= 0.6 is 0 Å². The van der Waals surface area contributed by atoms with Gasteiger partial charge in [0.05, 0.1) is 12.2 Å². The van der Waals surface area contributed by atoms with Crippen molar-refractivity contribution in [2.75, 3.05) is 0 Å². The van der Waals surface area contributed by atoms with E-state index in [1.54, 1.807) is 0 Å². The van der Waals surface area contributed by atoms with Crippen LogP contribution in [0, 0.1) is 0 Å². The average Bonchev–Trinajstić information content (AvgIpc) is 3.27. The Kier molecular flexibility index (Phi) is 10.9. The Balaban J connectivity index is 1.95. The lowest BCUT2D eigenvalue weighted by molar-refractivity contribution is -0.137. The van der Waals surface area contributed by atoms with E-state index in [2.05, 4.69) is 55.5 Å². The van der Waals surface area contributed by atoms with Crippen LogP contribution < -0.4 is 0 Å². The summed E-state index contributed by atoms with van der Waals surface area (Å²) < 4.78 is 5.63. The third-order valence-electron chi connectivity index (χ3n) is 3.63. The van der Waals surface area contributed by atoms with Gasteiger partial charge >= 0.3 is 5.97 Å². The Morgan fingerprint density at radius 2 is 1.48 bits per heavy atom. The van der Waals surface area contributed by atoms with E-state index >= 15 is 0 Å². The van der Waals surface area contributed by atoms with E-state index in [9.17, 15) is 4.79 Å². The van der Waals surface area contributed by atoms with E-state index in [-0.39, 0.29) is 6.42 Å². The van der Waals surface area contributed by atoms with Gasteiger partial charge in [0.1, 0.15) is 0 Å². The van der Waals surface area contributed by atoms with Gasteiger partial charge in [-0.2, -0.15) is 0 Å². The van der Waals surface area contributed by atoms with E-state index in [4.69, 9.17) is 9.84 Å². The number of hydrogen-bond acceptors (Lipinski definition) is 2. The SMILES string of the molecule is CC/C=C\C/C=C\CC1OC1C/C=C\C/C=C\CCCC(=O)O. The van der Waals surface area contributed by atoms with Gasteiger partial charge in [-0.15, -0.1) is 0 Å². The zero-order valence-corrected chi connectivity index (χ0v) is 14.2. The minimum absolute atomic E-state index is 0.254. The molecule has 1 N–H and O–H groups in total. The van der Waals surface area contributed by atoms with Gasteiger partial charge in [-0.3, -0.25) is 4.79 Å². The quantitative estimate of drug-likeness (QED) is 0.288. The molecule has 0 amide bonds. The molecule has 1 saturated heterocycles. The average molecular weight is 318 g/mol. The van der Waals surface area contributed by atoms with E-state index in [1.807, 2.05) is 0 Å². The van der Waals surface area contributed by atoms with Crippen molar-refractivity contribution in [1.29, 1.82) is 0 Å². The first-order valence-corrected chi connectivity index (χ1v) is 8.71. The summed E-state index contributed by atoms with van der Waals surface area (Å²) in [4.78, 5) is 10.3. The first kappa shape index (κ1) is 19.4. The van der Waals surface area contributed by atoms with Gasteiger partial charge < -0.3 is 9.84 Å². The molecule has 3 nitrogen and oxygen atoms in total. The van der Waals surface area contributed by atoms with Crippen LogP contribution in [0.2, 0.25) is 0 Å². The zero-order chi connectivity index (χ0) is 16.8. The lowest BCUT2D eigenvalue weighted by Crippen LogP contribution is -1.92. The van der Waals surface area contributed by atoms with Crippen molar-refractivity contribution in [2.45, 2.75) is 70.5 Å². The van der Waals surface area contributed by atoms with E-state index < -0.39 is 5.97 Å². The topological polar surface area (TPSA) is 49.8 Å². The maximum absolute atomic E-state index is 10.3. The molecule has 0 aromatic heterocycles. The van der Waals surface area contributed by atoms with Gasteiger partial charge in [0, 0.05) is 6.42 Å². The maximum atomic E-state index is 10.3. The molecule has 1 rings (SSSR count). The fourth-order valence-corrected chi connectivity index (χ4v) is 2.25. The monoisotopic (exact) mass is 318 g/mol. The molecule has 0 bridgehead atoms. The molecule has 23 heavy (non-hydrogen) atoms. The molecule has 1 aliphatic rings. The summed E-state index contributed by atoms with van der Waals surface area (Å²) in [6.45, 7) is 2.14. The third-order valence-corrected chi connectivity index (χ3v) is 3.63. The summed E-state index contributed by atoms with van der Waals surface area (Å²) in [6.07, 6.45) is 24.9. The number of hydrogen-bond donors (Lipinski definition) is 1. The molecule has 0 aromatic carbocycles. The molecule has 0 spiro atoms. The summed E-state index contributed by atoms with van der Waals surface area (Å²) in [5.41, 5.74) is 0. The molecule has 0 aliphatic carbocycles. The van der Waals surface area contributed by atoms with Gasteiger partial charge in [0.25, 0.3) is 0 Å². The first-order valence-electron chi connectivity index (χ1n) is 8.71. The Bertz CT molecular complexity index is 432. The van der Waals surface area contributed by atoms with Crippen molar-refractivity contribution in [3.05, 3.63) is 48.6 Å². The Labute approximate surface area is 140 Å². The lowest BCUT2D eigenvalue weighted by Gasteiger charge is -1.90. The molecule has 1 aliphatic heterocycles. The molecule has 2 atom stereocenters. The highest BCUT2D eigenvalue weighted by atomic mass is 16.6. The standard InChI is InChI=1S/C20H30O3/c1-2-3-4-5-9-12-15-18-19(23-18)16-13-10-7-6-8-11-14-17-20(21)22/h3-4,6,8-10,12-13,18-19H,2,5,7,11,14-17H2,1H3,(H,21,22)/b4-3-,8-6-,12-9-,13-10-. The second-order valence-electron chi connectivity index (χ2n) is 5.74. The van der Waals surface area contributed by atoms with Crippen LogP contribution in [0.1, 0.15) is 58.3 Å². The summed E-state index contributed by atoms with van der Waals surface area (Å²) >= 11 is 0. The highest BCUT2D eigenvalue weighted by Crippen LogP contribution is 2.29. The summed E-state index contributed by atoms with van der Waals surface area (Å²) in [6, 6.07) is 0. The summed E-state index contributed by atoms with van der Waals surface area (Å²) in [5.74, 6) is -0.718. The fourth-order valence-electron chi connectivity index (χ4n) is 2.25. The van der Waals surface area contributed by atoms with Crippen molar-refractivity contribution in [3.63, 3.8) is 0 Å². The van der Waals surface area contributed by atoms with Crippen molar-refractivity contribution in [1.82, 2.24) is 0 Å². The van der Waals surface area contributed by atoms with E-state index in [0.717, 1.165) is 44.9 Å². The molecule has 1 fully saturated rings. The maximum Gasteiger partial charge on any atom is 0.303 e. The molecule has 128 valence electrons. The highest BCUT2D eigenvalue weighted by molar-refractivity contribution is 5.66. The van der Waals surface area contributed by atoms with E-state index in [1.165, 1.54) is 0 Å². The minimum atomic E-state index is -0.718. The number of carbonyl (C=O) groups is 1. The molecule has 0 aromatic rings. The number of ether oxygens (including phenoxy) is 1. The molecule has 2 unspecified atom stereocenters. The number of unbranched alkanes of at least 4 members (excludes halogenated alkanes) is 1. The largest absolute Gasteiger partial charge is 0.481 e. The van der Waals surface area contributed by atoms with Crippen LogP contribution in [0.4, 0.5) is 0 Å².